The molecule has 0 saturated carbocycles. The molecule has 3 heteroatoms. The van der Waals surface area contributed by atoms with Crippen LogP contribution in [0.1, 0.15) is 17.9 Å². The average molecular weight is 216 g/mol. The van der Waals surface area contributed by atoms with E-state index in [-0.39, 0.29) is 11.8 Å². The number of rotatable bonds is 4. The molecule has 0 fully saturated rings. The van der Waals surface area contributed by atoms with Gasteiger partial charge in [0.1, 0.15) is 0 Å². The zero-order valence-electron chi connectivity index (χ0n) is 9.20. The Bertz CT molecular complexity index is 401. The van der Waals surface area contributed by atoms with Crippen molar-refractivity contribution in [1.82, 2.24) is 5.32 Å². The predicted octanol–water partition coefficient (Wildman–Crippen LogP) is 1.89. The number of anilines is 1. The van der Waals surface area contributed by atoms with E-state index in [0.29, 0.717) is 13.1 Å². The van der Waals surface area contributed by atoms with Crippen LogP contribution in [0.2, 0.25) is 0 Å². The van der Waals surface area contributed by atoms with Crippen molar-refractivity contribution in [2.75, 3.05) is 18.4 Å². The van der Waals surface area contributed by atoms with Crippen molar-refractivity contribution < 1.29 is 4.79 Å². The molecule has 1 unspecified atom stereocenters. The summed E-state index contributed by atoms with van der Waals surface area (Å²) in [4.78, 5) is 11.9. The van der Waals surface area contributed by atoms with Gasteiger partial charge in [-0.1, -0.05) is 24.3 Å². The Hall–Kier alpha value is -1.77. The first-order chi connectivity index (χ1) is 7.83. The van der Waals surface area contributed by atoms with Gasteiger partial charge in [-0.2, -0.15) is 0 Å². The summed E-state index contributed by atoms with van der Waals surface area (Å²) in [5.41, 5.74) is 2.17. The SMILES string of the molecule is C=CCCNC(=O)C1CNc2ccccc21. The lowest BCUT2D eigenvalue weighted by Gasteiger charge is -2.10. The molecule has 3 nitrogen and oxygen atoms in total. The Labute approximate surface area is 95.6 Å². The van der Waals surface area contributed by atoms with Gasteiger partial charge in [-0.05, 0) is 18.1 Å². The lowest BCUT2D eigenvalue weighted by atomic mass is 10.0. The zero-order valence-corrected chi connectivity index (χ0v) is 9.20. The Morgan fingerprint density at radius 3 is 3.19 bits per heavy atom. The van der Waals surface area contributed by atoms with E-state index in [1.807, 2.05) is 24.3 Å². The maximum absolute atomic E-state index is 11.9. The number of nitrogens with one attached hydrogen (secondary N) is 2. The van der Waals surface area contributed by atoms with Gasteiger partial charge in [-0.3, -0.25) is 4.79 Å². The van der Waals surface area contributed by atoms with Gasteiger partial charge in [-0.25, -0.2) is 0 Å². The lowest BCUT2D eigenvalue weighted by molar-refractivity contribution is -0.122. The number of para-hydroxylation sites is 1. The fourth-order valence-corrected chi connectivity index (χ4v) is 1.94. The quantitative estimate of drug-likeness (QED) is 0.596. The Morgan fingerprint density at radius 2 is 2.38 bits per heavy atom. The summed E-state index contributed by atoms with van der Waals surface area (Å²) in [6.07, 6.45) is 2.62. The molecule has 0 saturated heterocycles. The minimum Gasteiger partial charge on any atom is -0.384 e. The van der Waals surface area contributed by atoms with Gasteiger partial charge >= 0.3 is 0 Å². The van der Waals surface area contributed by atoms with Crippen LogP contribution in [0, 0.1) is 0 Å². The zero-order chi connectivity index (χ0) is 11.4. The molecule has 1 amide bonds. The number of carbonyl (C=O) groups is 1. The first-order valence-corrected chi connectivity index (χ1v) is 5.54. The topological polar surface area (TPSA) is 41.1 Å². The molecular weight excluding hydrogens is 200 g/mol. The van der Waals surface area contributed by atoms with Crippen LogP contribution in [0.25, 0.3) is 0 Å². The molecule has 84 valence electrons. The minimum absolute atomic E-state index is 0.0546. The maximum Gasteiger partial charge on any atom is 0.229 e. The van der Waals surface area contributed by atoms with E-state index in [0.717, 1.165) is 17.7 Å². The van der Waals surface area contributed by atoms with Crippen molar-refractivity contribution in [3.05, 3.63) is 42.5 Å². The van der Waals surface area contributed by atoms with Crippen molar-refractivity contribution in [2.45, 2.75) is 12.3 Å². The van der Waals surface area contributed by atoms with E-state index < -0.39 is 0 Å². The van der Waals surface area contributed by atoms with Gasteiger partial charge in [-0.15, -0.1) is 6.58 Å². The van der Waals surface area contributed by atoms with Gasteiger partial charge in [0.15, 0.2) is 0 Å². The standard InChI is InChI=1S/C13H16N2O/c1-2-3-8-14-13(16)11-9-15-12-7-5-4-6-10(11)12/h2,4-7,11,15H,1,3,8-9H2,(H,14,16). The summed E-state index contributed by atoms with van der Waals surface area (Å²) in [6.45, 7) is 4.99. The van der Waals surface area contributed by atoms with Gasteiger partial charge in [0.05, 0.1) is 5.92 Å². The normalized spacial score (nSPS) is 17.4. The summed E-state index contributed by atoms with van der Waals surface area (Å²) in [5.74, 6) is 0.0420. The molecule has 0 radical (unpaired) electrons. The highest BCUT2D eigenvalue weighted by Crippen LogP contribution is 2.30. The molecule has 0 bridgehead atoms. The van der Waals surface area contributed by atoms with E-state index >= 15 is 0 Å². The van der Waals surface area contributed by atoms with Gasteiger partial charge < -0.3 is 10.6 Å². The van der Waals surface area contributed by atoms with Crippen molar-refractivity contribution in [3.63, 3.8) is 0 Å². The smallest absolute Gasteiger partial charge is 0.229 e. The second kappa shape index (κ2) is 4.84. The molecule has 1 aromatic carbocycles. The number of amides is 1. The molecule has 1 atom stereocenters. The lowest BCUT2D eigenvalue weighted by Crippen LogP contribution is -2.30. The van der Waals surface area contributed by atoms with Crippen LogP contribution < -0.4 is 10.6 Å². The van der Waals surface area contributed by atoms with E-state index in [1.54, 1.807) is 6.08 Å². The fourth-order valence-electron chi connectivity index (χ4n) is 1.94. The second-order valence-electron chi connectivity index (χ2n) is 3.89. The van der Waals surface area contributed by atoms with Crippen molar-refractivity contribution in [1.29, 1.82) is 0 Å². The summed E-state index contributed by atoms with van der Waals surface area (Å²) in [6, 6.07) is 7.96. The number of hydrogen-bond acceptors (Lipinski definition) is 2. The highest BCUT2D eigenvalue weighted by molar-refractivity contribution is 5.88. The monoisotopic (exact) mass is 216 g/mol. The van der Waals surface area contributed by atoms with Crippen LogP contribution in [-0.4, -0.2) is 19.0 Å². The Kier molecular flexibility index (Phi) is 3.25. The molecule has 0 aromatic heterocycles. The first-order valence-electron chi connectivity index (χ1n) is 5.54. The number of hydrogen-bond donors (Lipinski definition) is 2. The third-order valence-electron chi connectivity index (χ3n) is 2.80. The highest BCUT2D eigenvalue weighted by atomic mass is 16.1. The molecule has 2 N–H and O–H groups in total. The van der Waals surface area contributed by atoms with Crippen LogP contribution in [-0.2, 0) is 4.79 Å². The third kappa shape index (κ3) is 2.08. The number of carbonyl (C=O) groups excluding carboxylic acids is 1. The Morgan fingerprint density at radius 1 is 1.56 bits per heavy atom. The minimum atomic E-state index is -0.0546. The number of fused-ring (bicyclic) bond motifs is 1. The summed E-state index contributed by atoms with van der Waals surface area (Å²) in [7, 11) is 0. The summed E-state index contributed by atoms with van der Waals surface area (Å²) < 4.78 is 0. The maximum atomic E-state index is 11.9. The molecule has 1 aliphatic heterocycles. The third-order valence-corrected chi connectivity index (χ3v) is 2.80. The van der Waals surface area contributed by atoms with Crippen LogP contribution in [0.5, 0.6) is 0 Å². The van der Waals surface area contributed by atoms with Crippen molar-refractivity contribution >= 4 is 11.6 Å². The van der Waals surface area contributed by atoms with Crippen LogP contribution in [0.15, 0.2) is 36.9 Å². The molecule has 1 heterocycles. The number of benzene rings is 1. The van der Waals surface area contributed by atoms with Gasteiger partial charge in [0.2, 0.25) is 5.91 Å². The van der Waals surface area contributed by atoms with Gasteiger partial charge in [0, 0.05) is 18.8 Å². The summed E-state index contributed by atoms with van der Waals surface area (Å²) in [5, 5.41) is 6.16. The van der Waals surface area contributed by atoms with E-state index in [1.165, 1.54) is 0 Å². The first kappa shape index (κ1) is 10.7. The predicted molar refractivity (Wildman–Crippen MR) is 65.5 cm³/mol. The van der Waals surface area contributed by atoms with Gasteiger partial charge in [0.25, 0.3) is 0 Å². The van der Waals surface area contributed by atoms with Crippen LogP contribution in [0.3, 0.4) is 0 Å². The fraction of sp³-hybridized carbons (Fsp3) is 0.308. The molecule has 16 heavy (non-hydrogen) atoms. The summed E-state index contributed by atoms with van der Waals surface area (Å²) >= 11 is 0. The molecule has 0 spiro atoms. The van der Waals surface area contributed by atoms with Crippen LogP contribution in [0.4, 0.5) is 5.69 Å². The molecule has 1 aliphatic rings. The van der Waals surface area contributed by atoms with Crippen LogP contribution >= 0.6 is 0 Å². The van der Waals surface area contributed by atoms with E-state index in [4.69, 9.17) is 0 Å². The molecular formula is C13H16N2O. The van der Waals surface area contributed by atoms with Crippen molar-refractivity contribution in [2.24, 2.45) is 0 Å². The largest absolute Gasteiger partial charge is 0.384 e. The van der Waals surface area contributed by atoms with Crippen molar-refractivity contribution in [3.8, 4) is 0 Å². The van der Waals surface area contributed by atoms with E-state index in [2.05, 4.69) is 17.2 Å². The average Bonchev–Trinajstić information content (AvgIpc) is 2.73. The van der Waals surface area contributed by atoms with E-state index in [9.17, 15) is 4.79 Å². The second-order valence-corrected chi connectivity index (χ2v) is 3.89. The molecule has 2 rings (SSSR count). The molecule has 0 aliphatic carbocycles. The highest BCUT2D eigenvalue weighted by Gasteiger charge is 2.27. The Balaban J connectivity index is 2.01. The molecule has 1 aromatic rings.